The van der Waals surface area contributed by atoms with Gasteiger partial charge in [0.2, 0.25) is 0 Å². The molecule has 0 aliphatic heterocycles. The van der Waals surface area contributed by atoms with E-state index in [0.29, 0.717) is 32.5 Å². The Balaban J connectivity index is 2.37. The molecule has 0 radical (unpaired) electrons. The van der Waals surface area contributed by atoms with Gasteiger partial charge in [0.25, 0.3) is 5.91 Å². The largest absolute Gasteiger partial charge is 0.398 e. The Morgan fingerprint density at radius 3 is 2.48 bits per heavy atom. The van der Waals surface area contributed by atoms with Crippen molar-refractivity contribution in [2.45, 2.75) is 13.8 Å². The molecular formula is C15H13BrCl2N2O. The van der Waals surface area contributed by atoms with E-state index in [1.165, 1.54) is 0 Å². The molecule has 0 aliphatic rings. The molecule has 0 atom stereocenters. The van der Waals surface area contributed by atoms with Crippen molar-refractivity contribution >= 4 is 56.4 Å². The van der Waals surface area contributed by atoms with Gasteiger partial charge in [0.1, 0.15) is 0 Å². The molecule has 0 aliphatic carbocycles. The van der Waals surface area contributed by atoms with E-state index in [4.69, 9.17) is 28.9 Å². The highest BCUT2D eigenvalue weighted by atomic mass is 79.9. The molecule has 0 aromatic heterocycles. The van der Waals surface area contributed by atoms with Gasteiger partial charge in [-0.15, -0.1) is 0 Å². The van der Waals surface area contributed by atoms with E-state index in [1.54, 1.807) is 31.2 Å². The number of aryl methyl sites for hydroxylation is 1. The number of carbonyl (C=O) groups is 1. The van der Waals surface area contributed by atoms with Crippen LogP contribution in [0.5, 0.6) is 0 Å². The zero-order chi connectivity index (χ0) is 15.7. The summed E-state index contributed by atoms with van der Waals surface area (Å²) in [6, 6.07) is 6.81. The topological polar surface area (TPSA) is 55.1 Å². The molecule has 1 amide bonds. The first kappa shape index (κ1) is 16.1. The highest BCUT2D eigenvalue weighted by Gasteiger charge is 2.14. The Morgan fingerprint density at radius 1 is 1.14 bits per heavy atom. The number of anilines is 2. The minimum Gasteiger partial charge on any atom is -0.398 e. The van der Waals surface area contributed by atoms with Crippen molar-refractivity contribution in [3.05, 3.63) is 55.5 Å². The van der Waals surface area contributed by atoms with Crippen molar-refractivity contribution in [3.8, 4) is 0 Å². The molecule has 0 spiro atoms. The van der Waals surface area contributed by atoms with E-state index in [2.05, 4.69) is 21.2 Å². The summed E-state index contributed by atoms with van der Waals surface area (Å²) >= 11 is 15.5. The van der Waals surface area contributed by atoms with Crippen molar-refractivity contribution in [2.24, 2.45) is 0 Å². The number of hydrogen-bond donors (Lipinski definition) is 2. The number of benzene rings is 2. The van der Waals surface area contributed by atoms with Crippen molar-refractivity contribution in [1.29, 1.82) is 0 Å². The summed E-state index contributed by atoms with van der Waals surface area (Å²) in [6.07, 6.45) is 0. The summed E-state index contributed by atoms with van der Waals surface area (Å²) in [7, 11) is 0. The fraction of sp³-hybridized carbons (Fsp3) is 0.133. The maximum Gasteiger partial charge on any atom is 0.256 e. The number of rotatable bonds is 2. The SMILES string of the molecule is Cc1cc(Cl)c(NC(=O)c2cc(Br)cc(N)c2C)cc1Cl. The standard InChI is InChI=1S/C15H13BrCl2N2O/c1-7-3-12(18)14(6-11(7)17)20-15(21)10-4-9(16)5-13(19)8(10)2/h3-6H,19H2,1-2H3,(H,20,21). The Hall–Kier alpha value is -1.23. The van der Waals surface area contributed by atoms with Crippen LogP contribution in [0.2, 0.25) is 10.0 Å². The number of nitrogens with one attached hydrogen (secondary N) is 1. The van der Waals surface area contributed by atoms with Crippen molar-refractivity contribution in [3.63, 3.8) is 0 Å². The van der Waals surface area contributed by atoms with Crippen molar-refractivity contribution < 1.29 is 4.79 Å². The molecule has 3 N–H and O–H groups in total. The lowest BCUT2D eigenvalue weighted by atomic mass is 10.1. The zero-order valence-electron chi connectivity index (χ0n) is 11.4. The third kappa shape index (κ3) is 3.51. The van der Waals surface area contributed by atoms with Gasteiger partial charge < -0.3 is 11.1 Å². The molecule has 6 heteroatoms. The van der Waals surface area contributed by atoms with Crippen LogP contribution in [0.15, 0.2) is 28.7 Å². The van der Waals surface area contributed by atoms with Crippen LogP contribution in [-0.4, -0.2) is 5.91 Å². The number of hydrogen-bond acceptors (Lipinski definition) is 2. The van der Waals surface area contributed by atoms with Gasteiger partial charge in [-0.1, -0.05) is 39.1 Å². The average Bonchev–Trinajstić information content (AvgIpc) is 2.40. The molecule has 0 unspecified atom stereocenters. The van der Waals surface area contributed by atoms with Gasteiger partial charge >= 0.3 is 0 Å². The summed E-state index contributed by atoms with van der Waals surface area (Å²) < 4.78 is 0.740. The maximum absolute atomic E-state index is 12.4. The van der Waals surface area contributed by atoms with Gasteiger partial charge in [0.05, 0.1) is 10.7 Å². The molecule has 21 heavy (non-hydrogen) atoms. The Labute approximate surface area is 141 Å². The monoisotopic (exact) mass is 386 g/mol. The summed E-state index contributed by atoms with van der Waals surface area (Å²) in [5.41, 5.74) is 8.92. The summed E-state index contributed by atoms with van der Waals surface area (Å²) in [4.78, 5) is 12.4. The van der Waals surface area contributed by atoms with Gasteiger partial charge in [0, 0.05) is 20.7 Å². The predicted molar refractivity (Wildman–Crippen MR) is 92.4 cm³/mol. The fourth-order valence-corrected chi connectivity index (χ4v) is 2.77. The average molecular weight is 388 g/mol. The first-order valence-corrected chi connectivity index (χ1v) is 7.67. The normalized spacial score (nSPS) is 10.5. The van der Waals surface area contributed by atoms with Gasteiger partial charge in [0.15, 0.2) is 0 Å². The van der Waals surface area contributed by atoms with E-state index >= 15 is 0 Å². The molecule has 2 rings (SSSR count). The number of carbonyl (C=O) groups excluding carboxylic acids is 1. The van der Waals surface area contributed by atoms with E-state index in [9.17, 15) is 4.79 Å². The first-order valence-electron chi connectivity index (χ1n) is 6.12. The van der Waals surface area contributed by atoms with E-state index in [-0.39, 0.29) is 5.91 Å². The van der Waals surface area contributed by atoms with Crippen LogP contribution in [0.1, 0.15) is 21.5 Å². The van der Waals surface area contributed by atoms with Crippen LogP contribution in [0.25, 0.3) is 0 Å². The second kappa shape index (κ2) is 6.26. The lowest BCUT2D eigenvalue weighted by molar-refractivity contribution is 0.102. The van der Waals surface area contributed by atoms with Crippen molar-refractivity contribution in [2.75, 3.05) is 11.1 Å². The summed E-state index contributed by atoms with van der Waals surface area (Å²) in [5.74, 6) is -0.290. The molecular weight excluding hydrogens is 375 g/mol. The van der Waals surface area contributed by atoms with E-state index in [1.807, 2.05) is 6.92 Å². The van der Waals surface area contributed by atoms with Crippen molar-refractivity contribution in [1.82, 2.24) is 0 Å². The molecule has 0 bridgehead atoms. The molecule has 0 saturated heterocycles. The molecule has 2 aromatic carbocycles. The number of nitrogens with two attached hydrogens (primary N) is 1. The zero-order valence-corrected chi connectivity index (χ0v) is 14.5. The van der Waals surface area contributed by atoms with E-state index < -0.39 is 0 Å². The summed E-state index contributed by atoms with van der Waals surface area (Å²) in [6.45, 7) is 3.64. The Kier molecular flexibility index (Phi) is 4.81. The maximum atomic E-state index is 12.4. The van der Waals surface area contributed by atoms with Crippen LogP contribution in [0.3, 0.4) is 0 Å². The number of amides is 1. The highest BCUT2D eigenvalue weighted by Crippen LogP contribution is 2.30. The number of halogens is 3. The van der Waals surface area contributed by atoms with Crippen LogP contribution >= 0.6 is 39.1 Å². The molecule has 0 saturated carbocycles. The third-order valence-corrected chi connectivity index (χ3v) is 4.33. The Morgan fingerprint density at radius 2 is 1.81 bits per heavy atom. The molecule has 0 heterocycles. The van der Waals surface area contributed by atoms with Gasteiger partial charge in [-0.2, -0.15) is 0 Å². The van der Waals surface area contributed by atoms with Crippen LogP contribution < -0.4 is 11.1 Å². The molecule has 0 fully saturated rings. The minimum atomic E-state index is -0.290. The lowest BCUT2D eigenvalue weighted by Gasteiger charge is -2.12. The van der Waals surface area contributed by atoms with Gasteiger partial charge in [-0.05, 0) is 49.2 Å². The van der Waals surface area contributed by atoms with Gasteiger partial charge in [-0.25, -0.2) is 0 Å². The first-order chi connectivity index (χ1) is 9.79. The van der Waals surface area contributed by atoms with E-state index in [0.717, 1.165) is 10.0 Å². The summed E-state index contributed by atoms with van der Waals surface area (Å²) in [5, 5.41) is 3.74. The smallest absolute Gasteiger partial charge is 0.256 e. The molecule has 110 valence electrons. The quantitative estimate of drug-likeness (QED) is 0.695. The number of nitrogen functional groups attached to an aromatic ring is 1. The minimum absolute atomic E-state index is 0.290. The van der Waals surface area contributed by atoms with Gasteiger partial charge in [-0.3, -0.25) is 4.79 Å². The van der Waals surface area contributed by atoms with Crippen LogP contribution in [0.4, 0.5) is 11.4 Å². The van der Waals surface area contributed by atoms with Crippen LogP contribution in [0, 0.1) is 13.8 Å². The highest BCUT2D eigenvalue weighted by molar-refractivity contribution is 9.10. The fourth-order valence-electron chi connectivity index (χ4n) is 1.87. The second-order valence-electron chi connectivity index (χ2n) is 4.70. The third-order valence-electron chi connectivity index (χ3n) is 3.15. The van der Waals surface area contributed by atoms with Crippen LogP contribution in [-0.2, 0) is 0 Å². The second-order valence-corrected chi connectivity index (χ2v) is 6.43. The molecule has 3 nitrogen and oxygen atoms in total. The predicted octanol–water partition coefficient (Wildman–Crippen LogP) is 5.21. The molecule has 2 aromatic rings. The lowest BCUT2D eigenvalue weighted by Crippen LogP contribution is -2.14. The Bertz CT molecular complexity index is 732.